The molecule has 1 aliphatic rings. The first-order chi connectivity index (χ1) is 8.04. The molecule has 1 heterocycles. The Morgan fingerprint density at radius 1 is 1.35 bits per heavy atom. The molecule has 2 N–H and O–H groups in total. The van der Waals surface area contributed by atoms with Crippen molar-refractivity contribution in [1.82, 2.24) is 9.97 Å². The molecular formula is C13H21N3O. The van der Waals surface area contributed by atoms with Crippen LogP contribution < -0.4 is 10.5 Å². The van der Waals surface area contributed by atoms with Crippen molar-refractivity contribution in [3.05, 3.63) is 17.6 Å². The third-order valence-corrected chi connectivity index (χ3v) is 3.08. The van der Waals surface area contributed by atoms with Gasteiger partial charge in [0.1, 0.15) is 11.9 Å². The molecule has 1 aliphatic carbocycles. The van der Waals surface area contributed by atoms with Crippen LogP contribution in [0.1, 0.15) is 50.5 Å². The van der Waals surface area contributed by atoms with Crippen LogP contribution >= 0.6 is 0 Å². The van der Waals surface area contributed by atoms with E-state index in [0.717, 1.165) is 30.8 Å². The van der Waals surface area contributed by atoms with Crippen LogP contribution in [0.5, 0.6) is 5.88 Å². The van der Waals surface area contributed by atoms with Crippen LogP contribution in [0, 0.1) is 6.92 Å². The average Bonchev–Trinajstić information content (AvgIpc) is 2.63. The Morgan fingerprint density at radius 3 is 2.71 bits per heavy atom. The lowest BCUT2D eigenvalue weighted by Gasteiger charge is -2.14. The van der Waals surface area contributed by atoms with Gasteiger partial charge >= 0.3 is 0 Å². The number of nitrogens with two attached hydrogens (primary N) is 1. The SMILES string of the molecule is Cc1cc(OC2CCC(N)C2)nc(C(C)C)n1. The zero-order valence-corrected chi connectivity index (χ0v) is 10.8. The third kappa shape index (κ3) is 3.16. The van der Waals surface area contributed by atoms with E-state index >= 15 is 0 Å². The second-order valence-electron chi connectivity index (χ2n) is 5.17. The predicted molar refractivity (Wildman–Crippen MR) is 67.1 cm³/mol. The number of aryl methyl sites for hydroxylation is 1. The second kappa shape index (κ2) is 5.00. The maximum atomic E-state index is 5.89. The number of hydrogen-bond acceptors (Lipinski definition) is 4. The van der Waals surface area contributed by atoms with Gasteiger partial charge in [-0.15, -0.1) is 0 Å². The minimum Gasteiger partial charge on any atom is -0.474 e. The Bertz CT molecular complexity index is 392. The molecule has 94 valence electrons. The summed E-state index contributed by atoms with van der Waals surface area (Å²) in [5.74, 6) is 1.87. The molecule has 0 saturated heterocycles. The van der Waals surface area contributed by atoms with Gasteiger partial charge in [0.05, 0.1) is 0 Å². The fraction of sp³-hybridized carbons (Fsp3) is 0.692. The van der Waals surface area contributed by atoms with E-state index in [9.17, 15) is 0 Å². The molecule has 1 fully saturated rings. The number of ether oxygens (including phenoxy) is 1. The molecule has 2 unspecified atom stereocenters. The lowest BCUT2D eigenvalue weighted by molar-refractivity contribution is 0.198. The van der Waals surface area contributed by atoms with E-state index in [4.69, 9.17) is 10.5 Å². The molecule has 1 aromatic rings. The number of aromatic nitrogens is 2. The maximum Gasteiger partial charge on any atom is 0.217 e. The first-order valence-electron chi connectivity index (χ1n) is 6.32. The minimum atomic E-state index is 0.222. The van der Waals surface area contributed by atoms with E-state index in [0.29, 0.717) is 11.8 Å². The molecule has 0 radical (unpaired) electrons. The van der Waals surface area contributed by atoms with Crippen molar-refractivity contribution in [2.45, 2.75) is 58.1 Å². The topological polar surface area (TPSA) is 61.0 Å². The van der Waals surface area contributed by atoms with Gasteiger partial charge in [-0.3, -0.25) is 0 Å². The monoisotopic (exact) mass is 235 g/mol. The Balaban J connectivity index is 2.10. The molecule has 4 heteroatoms. The van der Waals surface area contributed by atoms with Gasteiger partial charge in [0.25, 0.3) is 0 Å². The number of rotatable bonds is 3. The van der Waals surface area contributed by atoms with Crippen LogP contribution in [0.15, 0.2) is 6.07 Å². The van der Waals surface area contributed by atoms with Crippen molar-refractivity contribution < 1.29 is 4.74 Å². The first-order valence-corrected chi connectivity index (χ1v) is 6.32. The van der Waals surface area contributed by atoms with E-state index < -0.39 is 0 Å². The second-order valence-corrected chi connectivity index (χ2v) is 5.17. The van der Waals surface area contributed by atoms with E-state index in [2.05, 4.69) is 23.8 Å². The number of nitrogens with zero attached hydrogens (tertiary/aromatic N) is 2. The zero-order valence-electron chi connectivity index (χ0n) is 10.8. The van der Waals surface area contributed by atoms with E-state index in [1.807, 2.05) is 13.0 Å². The lowest BCUT2D eigenvalue weighted by atomic mass is 10.2. The summed E-state index contributed by atoms with van der Waals surface area (Å²) in [6.07, 6.45) is 3.23. The Morgan fingerprint density at radius 2 is 2.12 bits per heavy atom. The third-order valence-electron chi connectivity index (χ3n) is 3.08. The molecule has 4 nitrogen and oxygen atoms in total. The van der Waals surface area contributed by atoms with Gasteiger partial charge < -0.3 is 10.5 Å². The molecule has 0 aromatic carbocycles. The summed E-state index contributed by atoms with van der Waals surface area (Å²) in [5.41, 5.74) is 6.83. The van der Waals surface area contributed by atoms with Crippen LogP contribution in [0.4, 0.5) is 0 Å². The zero-order chi connectivity index (χ0) is 12.4. The molecule has 1 aromatic heterocycles. The van der Waals surface area contributed by atoms with Crippen molar-refractivity contribution in [3.63, 3.8) is 0 Å². The quantitative estimate of drug-likeness (QED) is 0.872. The summed E-state index contributed by atoms with van der Waals surface area (Å²) in [7, 11) is 0. The van der Waals surface area contributed by atoms with Gasteiger partial charge in [-0.2, -0.15) is 4.98 Å². The van der Waals surface area contributed by atoms with Crippen LogP contribution in [0.25, 0.3) is 0 Å². The number of hydrogen-bond donors (Lipinski definition) is 1. The first kappa shape index (κ1) is 12.3. The Labute approximate surface area is 103 Å². The molecule has 0 bridgehead atoms. The van der Waals surface area contributed by atoms with Gasteiger partial charge in [0.15, 0.2) is 0 Å². The average molecular weight is 235 g/mol. The van der Waals surface area contributed by atoms with E-state index in [1.54, 1.807) is 0 Å². The molecule has 0 amide bonds. The van der Waals surface area contributed by atoms with Gasteiger partial charge in [0, 0.05) is 23.7 Å². The Hall–Kier alpha value is -1.16. The highest BCUT2D eigenvalue weighted by Crippen LogP contribution is 2.23. The summed E-state index contributed by atoms with van der Waals surface area (Å²) < 4.78 is 5.89. The van der Waals surface area contributed by atoms with Crippen LogP contribution in [-0.4, -0.2) is 22.1 Å². The fourth-order valence-electron chi connectivity index (χ4n) is 2.13. The standard InChI is InChI=1S/C13H21N3O/c1-8(2)13-15-9(3)6-12(16-13)17-11-5-4-10(14)7-11/h6,8,10-11H,4-5,7,14H2,1-3H3. The predicted octanol–water partition coefficient (Wildman–Crippen LogP) is 2.17. The van der Waals surface area contributed by atoms with E-state index in [-0.39, 0.29) is 12.1 Å². The summed E-state index contributed by atoms with van der Waals surface area (Å²) in [6.45, 7) is 6.15. The van der Waals surface area contributed by atoms with Crippen LogP contribution in [0.3, 0.4) is 0 Å². The summed E-state index contributed by atoms with van der Waals surface area (Å²) in [6, 6.07) is 2.18. The summed E-state index contributed by atoms with van der Waals surface area (Å²) >= 11 is 0. The molecule has 0 spiro atoms. The highest BCUT2D eigenvalue weighted by atomic mass is 16.5. The molecule has 17 heavy (non-hydrogen) atoms. The highest BCUT2D eigenvalue weighted by molar-refractivity contribution is 5.17. The lowest BCUT2D eigenvalue weighted by Crippen LogP contribution is -2.19. The van der Waals surface area contributed by atoms with E-state index in [1.165, 1.54) is 0 Å². The van der Waals surface area contributed by atoms with Crippen molar-refractivity contribution >= 4 is 0 Å². The van der Waals surface area contributed by atoms with Crippen molar-refractivity contribution in [1.29, 1.82) is 0 Å². The molecule has 1 saturated carbocycles. The largest absolute Gasteiger partial charge is 0.474 e. The van der Waals surface area contributed by atoms with Crippen LogP contribution in [0.2, 0.25) is 0 Å². The van der Waals surface area contributed by atoms with Gasteiger partial charge in [-0.25, -0.2) is 4.98 Å². The van der Waals surface area contributed by atoms with Crippen molar-refractivity contribution in [2.75, 3.05) is 0 Å². The molecule has 2 rings (SSSR count). The smallest absolute Gasteiger partial charge is 0.217 e. The van der Waals surface area contributed by atoms with Crippen molar-refractivity contribution in [3.8, 4) is 5.88 Å². The molecule has 0 aliphatic heterocycles. The molecule has 2 atom stereocenters. The van der Waals surface area contributed by atoms with Crippen LogP contribution in [-0.2, 0) is 0 Å². The summed E-state index contributed by atoms with van der Waals surface area (Å²) in [4.78, 5) is 8.85. The maximum absolute atomic E-state index is 5.89. The van der Waals surface area contributed by atoms with Gasteiger partial charge in [-0.05, 0) is 26.2 Å². The molecular weight excluding hydrogens is 214 g/mol. The highest BCUT2D eigenvalue weighted by Gasteiger charge is 2.23. The Kier molecular flexibility index (Phi) is 3.62. The summed E-state index contributed by atoms with van der Waals surface area (Å²) in [5, 5.41) is 0. The van der Waals surface area contributed by atoms with Gasteiger partial charge in [-0.1, -0.05) is 13.8 Å². The normalized spacial score (nSPS) is 24.3. The minimum absolute atomic E-state index is 0.222. The van der Waals surface area contributed by atoms with Gasteiger partial charge in [0.2, 0.25) is 5.88 Å². The fourth-order valence-corrected chi connectivity index (χ4v) is 2.13. The van der Waals surface area contributed by atoms with Crippen molar-refractivity contribution in [2.24, 2.45) is 5.73 Å².